The summed E-state index contributed by atoms with van der Waals surface area (Å²) in [5.74, 6) is -0.804. The zero-order valence-corrected chi connectivity index (χ0v) is 24.0. The molecule has 0 atom stereocenters. The number of piperazine rings is 1. The Labute approximate surface area is 246 Å². The number of aromatic nitrogens is 2. The Morgan fingerprint density at radius 3 is 2.50 bits per heavy atom. The standard InChI is InChI=1S/C28H31ClF4N6O3/c1-18(2)39-12-10-38(11-13-39)14-15-41-23-7-5-20(17-22(23)30)35-26-34-9-8-25(36-26)37(3)27(40)42-24-16-19(28(31,32)33)4-6-21(24)29/h4-9,16-18H,10-15H2,1-3H3,(H,34,35,36). The summed E-state index contributed by atoms with van der Waals surface area (Å²) in [4.78, 5) is 26.6. The zero-order chi connectivity index (χ0) is 30.4. The second-order valence-electron chi connectivity index (χ2n) is 9.90. The molecule has 1 N–H and O–H groups in total. The molecule has 226 valence electrons. The van der Waals surface area contributed by atoms with Gasteiger partial charge in [-0.25, -0.2) is 14.2 Å². The third-order valence-corrected chi connectivity index (χ3v) is 7.02. The molecule has 1 aliphatic heterocycles. The van der Waals surface area contributed by atoms with Crippen LogP contribution in [0.2, 0.25) is 5.02 Å². The van der Waals surface area contributed by atoms with E-state index in [0.717, 1.165) is 43.2 Å². The first kappa shape index (κ1) is 31.3. The molecule has 14 heteroatoms. The van der Waals surface area contributed by atoms with Crippen molar-refractivity contribution in [3.63, 3.8) is 0 Å². The first-order chi connectivity index (χ1) is 19.9. The maximum atomic E-state index is 14.7. The molecule has 2 aromatic carbocycles. The van der Waals surface area contributed by atoms with Gasteiger partial charge in [0.2, 0.25) is 5.95 Å². The average Bonchev–Trinajstić information content (AvgIpc) is 2.94. The quantitative estimate of drug-likeness (QED) is 0.292. The van der Waals surface area contributed by atoms with E-state index in [1.54, 1.807) is 6.07 Å². The lowest BCUT2D eigenvalue weighted by atomic mass is 10.2. The highest BCUT2D eigenvalue weighted by Gasteiger charge is 2.32. The van der Waals surface area contributed by atoms with Crippen molar-refractivity contribution in [1.29, 1.82) is 0 Å². The minimum absolute atomic E-state index is 0.0397. The summed E-state index contributed by atoms with van der Waals surface area (Å²) in [6, 6.07) is 8.65. The number of anilines is 3. The molecule has 9 nitrogen and oxygen atoms in total. The van der Waals surface area contributed by atoms with Crippen molar-refractivity contribution >= 4 is 35.1 Å². The number of rotatable bonds is 9. The SMILES string of the molecule is CC(C)N1CCN(CCOc2ccc(Nc3nccc(N(C)C(=O)Oc4cc(C(F)(F)F)ccc4Cl)n3)cc2F)CC1. The summed E-state index contributed by atoms with van der Waals surface area (Å²) in [5.41, 5.74) is -0.683. The topological polar surface area (TPSA) is 83.1 Å². The minimum atomic E-state index is -4.64. The predicted molar refractivity (Wildman–Crippen MR) is 151 cm³/mol. The summed E-state index contributed by atoms with van der Waals surface area (Å²) >= 11 is 5.92. The van der Waals surface area contributed by atoms with Crippen LogP contribution < -0.4 is 19.7 Å². The van der Waals surface area contributed by atoms with Crippen LogP contribution in [-0.4, -0.2) is 78.3 Å². The highest BCUT2D eigenvalue weighted by Crippen LogP contribution is 2.35. The molecule has 0 bridgehead atoms. The van der Waals surface area contributed by atoms with Crippen LogP contribution in [0, 0.1) is 5.82 Å². The Bertz CT molecular complexity index is 1390. The number of amides is 1. The number of carbonyl (C=O) groups excluding carboxylic acids is 1. The fourth-order valence-corrected chi connectivity index (χ4v) is 4.38. The molecule has 1 aromatic heterocycles. The van der Waals surface area contributed by atoms with Crippen molar-refractivity contribution < 1.29 is 31.8 Å². The Balaban J connectivity index is 1.33. The average molecular weight is 611 g/mol. The predicted octanol–water partition coefficient (Wildman–Crippen LogP) is 6.07. The monoisotopic (exact) mass is 610 g/mol. The van der Waals surface area contributed by atoms with Crippen molar-refractivity contribution in [3.05, 3.63) is 65.1 Å². The molecule has 0 spiro atoms. The number of hydrogen-bond acceptors (Lipinski definition) is 8. The van der Waals surface area contributed by atoms with Crippen molar-refractivity contribution in [3.8, 4) is 11.5 Å². The van der Waals surface area contributed by atoms with Crippen LogP contribution in [0.25, 0.3) is 0 Å². The number of benzene rings is 2. The van der Waals surface area contributed by atoms with E-state index in [9.17, 15) is 22.4 Å². The molecule has 1 fully saturated rings. The van der Waals surface area contributed by atoms with Gasteiger partial charge in [-0.2, -0.15) is 18.2 Å². The number of alkyl halides is 3. The highest BCUT2D eigenvalue weighted by atomic mass is 35.5. The first-order valence-corrected chi connectivity index (χ1v) is 13.6. The lowest BCUT2D eigenvalue weighted by Gasteiger charge is -2.36. The Hall–Kier alpha value is -3.68. The van der Waals surface area contributed by atoms with E-state index in [-0.39, 0.29) is 22.5 Å². The van der Waals surface area contributed by atoms with Gasteiger partial charge in [0.1, 0.15) is 12.4 Å². The fourth-order valence-electron chi connectivity index (χ4n) is 4.22. The van der Waals surface area contributed by atoms with E-state index in [0.29, 0.717) is 30.9 Å². The van der Waals surface area contributed by atoms with Crippen LogP contribution in [0.3, 0.4) is 0 Å². The third-order valence-electron chi connectivity index (χ3n) is 6.70. The van der Waals surface area contributed by atoms with Gasteiger partial charge in [-0.05, 0) is 50.2 Å². The van der Waals surface area contributed by atoms with Crippen LogP contribution in [0.1, 0.15) is 19.4 Å². The van der Waals surface area contributed by atoms with Crippen LogP contribution in [0.5, 0.6) is 11.5 Å². The van der Waals surface area contributed by atoms with E-state index in [4.69, 9.17) is 21.1 Å². The first-order valence-electron chi connectivity index (χ1n) is 13.2. The summed E-state index contributed by atoms with van der Waals surface area (Å²) in [6.07, 6.45) is -4.33. The summed E-state index contributed by atoms with van der Waals surface area (Å²) in [6.45, 7) is 9.29. The van der Waals surface area contributed by atoms with Gasteiger partial charge in [0, 0.05) is 63.8 Å². The van der Waals surface area contributed by atoms with E-state index >= 15 is 0 Å². The summed E-state index contributed by atoms with van der Waals surface area (Å²) in [5, 5.41) is 2.68. The molecule has 42 heavy (non-hydrogen) atoms. The summed E-state index contributed by atoms with van der Waals surface area (Å²) < 4.78 is 64.6. The van der Waals surface area contributed by atoms with Gasteiger partial charge in [-0.1, -0.05) is 11.6 Å². The molecule has 1 aliphatic rings. The molecule has 0 saturated carbocycles. The van der Waals surface area contributed by atoms with Gasteiger partial charge < -0.3 is 14.8 Å². The van der Waals surface area contributed by atoms with Gasteiger partial charge in [0.25, 0.3) is 0 Å². The second kappa shape index (κ2) is 13.5. The van der Waals surface area contributed by atoms with Gasteiger partial charge in [0.05, 0.1) is 10.6 Å². The van der Waals surface area contributed by atoms with E-state index in [1.807, 2.05) is 0 Å². The molecule has 2 heterocycles. The van der Waals surface area contributed by atoms with Gasteiger partial charge in [-0.15, -0.1) is 0 Å². The zero-order valence-electron chi connectivity index (χ0n) is 23.3. The summed E-state index contributed by atoms with van der Waals surface area (Å²) in [7, 11) is 1.31. The Kier molecular flexibility index (Phi) is 10.1. The van der Waals surface area contributed by atoms with Crippen molar-refractivity contribution in [2.45, 2.75) is 26.1 Å². The Morgan fingerprint density at radius 2 is 1.83 bits per heavy atom. The molecule has 3 aromatic rings. The van der Waals surface area contributed by atoms with E-state index < -0.39 is 29.4 Å². The molecular formula is C28H31ClF4N6O3. The molecule has 0 radical (unpaired) electrons. The van der Waals surface area contributed by atoms with Crippen LogP contribution >= 0.6 is 11.6 Å². The lowest BCUT2D eigenvalue weighted by Crippen LogP contribution is -2.49. The molecule has 1 saturated heterocycles. The smallest absolute Gasteiger partial charge is 0.420 e. The van der Waals surface area contributed by atoms with Crippen LogP contribution in [-0.2, 0) is 6.18 Å². The molecule has 1 amide bonds. The maximum absolute atomic E-state index is 14.7. The molecule has 4 rings (SSSR count). The minimum Gasteiger partial charge on any atom is -0.489 e. The van der Waals surface area contributed by atoms with E-state index in [1.165, 1.54) is 31.4 Å². The number of nitrogens with zero attached hydrogens (tertiary/aromatic N) is 5. The normalized spacial score (nSPS) is 14.6. The van der Waals surface area contributed by atoms with Crippen molar-refractivity contribution in [2.24, 2.45) is 0 Å². The second-order valence-corrected chi connectivity index (χ2v) is 10.3. The van der Waals surface area contributed by atoms with Gasteiger partial charge in [0.15, 0.2) is 17.3 Å². The van der Waals surface area contributed by atoms with E-state index in [2.05, 4.69) is 38.9 Å². The molecule has 0 unspecified atom stereocenters. The van der Waals surface area contributed by atoms with Gasteiger partial charge >= 0.3 is 12.3 Å². The van der Waals surface area contributed by atoms with Crippen molar-refractivity contribution in [2.75, 3.05) is 56.6 Å². The van der Waals surface area contributed by atoms with Crippen molar-refractivity contribution in [1.82, 2.24) is 19.8 Å². The Morgan fingerprint density at radius 1 is 1.10 bits per heavy atom. The number of hydrogen-bond donors (Lipinski definition) is 1. The number of nitrogens with one attached hydrogen (secondary N) is 1. The highest BCUT2D eigenvalue weighted by molar-refractivity contribution is 6.32. The van der Waals surface area contributed by atoms with Crippen LogP contribution in [0.4, 0.5) is 39.8 Å². The number of halogens is 5. The van der Waals surface area contributed by atoms with Gasteiger partial charge in [-0.3, -0.25) is 14.7 Å². The largest absolute Gasteiger partial charge is 0.489 e. The number of carbonyl (C=O) groups is 1. The molecule has 0 aliphatic carbocycles. The maximum Gasteiger partial charge on any atom is 0.420 e. The number of ether oxygens (including phenoxy) is 2. The fraction of sp³-hybridized carbons (Fsp3) is 0.393. The lowest BCUT2D eigenvalue weighted by molar-refractivity contribution is -0.137. The third kappa shape index (κ3) is 8.20. The van der Waals surface area contributed by atoms with Crippen LogP contribution in [0.15, 0.2) is 48.7 Å². The molecular weight excluding hydrogens is 580 g/mol.